The summed E-state index contributed by atoms with van der Waals surface area (Å²) in [5.74, 6) is -1.85. The molecule has 0 aromatic heterocycles. The van der Waals surface area contributed by atoms with Crippen LogP contribution >= 0.6 is 0 Å². The molecule has 3 N–H and O–H groups in total. The first-order valence-corrected chi connectivity index (χ1v) is 12.3. The van der Waals surface area contributed by atoms with Gasteiger partial charge >= 0.3 is 12.1 Å². The van der Waals surface area contributed by atoms with Gasteiger partial charge in [-0.3, -0.25) is 9.59 Å². The summed E-state index contributed by atoms with van der Waals surface area (Å²) >= 11 is 0. The van der Waals surface area contributed by atoms with E-state index in [-0.39, 0.29) is 36.4 Å². The van der Waals surface area contributed by atoms with Gasteiger partial charge in [0.2, 0.25) is 5.91 Å². The van der Waals surface area contributed by atoms with Crippen LogP contribution < -0.4 is 10.6 Å². The number of hydrogen-bond acceptors (Lipinski definition) is 4. The molecule has 0 heterocycles. The number of amides is 2. The summed E-state index contributed by atoms with van der Waals surface area (Å²) in [4.78, 5) is 36.8. The first kappa shape index (κ1) is 23.1. The van der Waals surface area contributed by atoms with E-state index in [0.717, 1.165) is 17.5 Å². The Bertz CT molecular complexity index is 1110. The van der Waals surface area contributed by atoms with Gasteiger partial charge in [0.15, 0.2) is 0 Å². The molecule has 3 aliphatic carbocycles. The van der Waals surface area contributed by atoms with Gasteiger partial charge in [-0.05, 0) is 47.9 Å². The average Bonchev–Trinajstić information content (AvgIpc) is 3.45. The fourth-order valence-electron chi connectivity index (χ4n) is 5.73. The fourth-order valence-corrected chi connectivity index (χ4v) is 5.73. The van der Waals surface area contributed by atoms with Gasteiger partial charge in [0, 0.05) is 17.9 Å². The van der Waals surface area contributed by atoms with E-state index in [9.17, 15) is 19.5 Å². The molecule has 7 nitrogen and oxygen atoms in total. The van der Waals surface area contributed by atoms with E-state index in [1.807, 2.05) is 36.4 Å². The summed E-state index contributed by atoms with van der Waals surface area (Å²) in [7, 11) is 0. The van der Waals surface area contributed by atoms with Crippen LogP contribution in [-0.4, -0.2) is 41.8 Å². The quantitative estimate of drug-likeness (QED) is 0.544. The topological polar surface area (TPSA) is 105 Å². The van der Waals surface area contributed by atoms with Crippen LogP contribution in [-0.2, 0) is 14.3 Å². The molecule has 0 saturated heterocycles. The number of rotatable bonds is 6. The second-order valence-corrected chi connectivity index (χ2v) is 9.66. The van der Waals surface area contributed by atoms with E-state index in [1.165, 1.54) is 11.1 Å². The van der Waals surface area contributed by atoms with Gasteiger partial charge in [0.1, 0.15) is 6.61 Å². The molecular formula is C28H30N2O5. The van der Waals surface area contributed by atoms with Crippen LogP contribution in [0.15, 0.2) is 60.7 Å². The highest BCUT2D eigenvalue weighted by molar-refractivity contribution is 5.81. The molecule has 35 heavy (non-hydrogen) atoms. The third-order valence-corrected chi connectivity index (χ3v) is 7.51. The Morgan fingerprint density at radius 1 is 0.943 bits per heavy atom. The Kier molecular flexibility index (Phi) is 6.57. The average molecular weight is 475 g/mol. The zero-order valence-corrected chi connectivity index (χ0v) is 19.5. The van der Waals surface area contributed by atoms with Crippen molar-refractivity contribution in [1.29, 1.82) is 0 Å². The number of ether oxygens (including phenoxy) is 1. The molecule has 0 unspecified atom stereocenters. The molecule has 2 aromatic rings. The van der Waals surface area contributed by atoms with Crippen molar-refractivity contribution < 1.29 is 24.2 Å². The van der Waals surface area contributed by atoms with Gasteiger partial charge in [0.25, 0.3) is 0 Å². The molecule has 2 amide bonds. The van der Waals surface area contributed by atoms with Crippen LogP contribution in [0, 0.1) is 11.8 Å². The van der Waals surface area contributed by atoms with Crippen LogP contribution in [0.25, 0.3) is 11.1 Å². The Hall–Kier alpha value is -3.61. The van der Waals surface area contributed by atoms with Crippen molar-refractivity contribution in [2.75, 3.05) is 6.61 Å². The summed E-state index contributed by atoms with van der Waals surface area (Å²) < 4.78 is 5.64. The molecule has 1 saturated carbocycles. The molecule has 5 rings (SSSR count). The number of allylic oxidation sites excluding steroid dienone is 1. The van der Waals surface area contributed by atoms with Crippen molar-refractivity contribution in [2.24, 2.45) is 11.8 Å². The highest BCUT2D eigenvalue weighted by Crippen LogP contribution is 2.44. The van der Waals surface area contributed by atoms with Crippen LogP contribution in [0.2, 0.25) is 0 Å². The predicted octanol–water partition coefficient (Wildman–Crippen LogP) is 4.23. The van der Waals surface area contributed by atoms with E-state index < -0.39 is 18.0 Å². The summed E-state index contributed by atoms with van der Waals surface area (Å²) in [6, 6.07) is 15.7. The van der Waals surface area contributed by atoms with Gasteiger partial charge in [-0.2, -0.15) is 0 Å². The number of fused-ring (bicyclic) bond motifs is 3. The molecule has 0 radical (unpaired) electrons. The van der Waals surface area contributed by atoms with Crippen LogP contribution in [0.1, 0.15) is 49.1 Å². The van der Waals surface area contributed by atoms with E-state index >= 15 is 0 Å². The molecule has 1 fully saturated rings. The molecule has 0 bridgehead atoms. The summed E-state index contributed by atoms with van der Waals surface area (Å²) in [6.07, 6.45) is 6.38. The number of benzene rings is 2. The van der Waals surface area contributed by atoms with Crippen molar-refractivity contribution in [3.8, 4) is 11.1 Å². The number of carboxylic acid groups (broad SMARTS) is 1. The van der Waals surface area contributed by atoms with Crippen LogP contribution in [0.5, 0.6) is 0 Å². The number of alkyl carbamates (subject to hydrolysis) is 1. The van der Waals surface area contributed by atoms with E-state index in [2.05, 4.69) is 34.9 Å². The fraction of sp³-hybridized carbons (Fsp3) is 0.393. The second-order valence-electron chi connectivity index (χ2n) is 9.66. The van der Waals surface area contributed by atoms with Crippen molar-refractivity contribution in [1.82, 2.24) is 10.6 Å². The SMILES string of the molecule is O=C(N[C@@H]1C=CC[C@@H](C(=O)N[C@@H]2CCC[C@@H]2C(=O)O)C1)OCC1c2ccccc2-c2ccccc21. The smallest absolute Gasteiger partial charge is 0.407 e. The third-order valence-electron chi connectivity index (χ3n) is 7.51. The maximum atomic E-state index is 12.8. The zero-order chi connectivity index (χ0) is 24.4. The maximum Gasteiger partial charge on any atom is 0.407 e. The lowest BCUT2D eigenvalue weighted by Gasteiger charge is -2.27. The van der Waals surface area contributed by atoms with Crippen molar-refractivity contribution in [2.45, 2.75) is 50.1 Å². The van der Waals surface area contributed by atoms with Crippen molar-refractivity contribution in [3.05, 3.63) is 71.8 Å². The van der Waals surface area contributed by atoms with Gasteiger partial charge in [-0.15, -0.1) is 0 Å². The van der Waals surface area contributed by atoms with Crippen LogP contribution in [0.4, 0.5) is 4.79 Å². The molecule has 0 spiro atoms. The highest BCUT2D eigenvalue weighted by atomic mass is 16.5. The Morgan fingerprint density at radius 2 is 1.63 bits per heavy atom. The molecule has 7 heteroatoms. The first-order valence-electron chi connectivity index (χ1n) is 12.3. The minimum absolute atomic E-state index is 0.0119. The van der Waals surface area contributed by atoms with Crippen molar-refractivity contribution in [3.63, 3.8) is 0 Å². The van der Waals surface area contributed by atoms with E-state index in [1.54, 1.807) is 0 Å². The number of carbonyl (C=O) groups is 3. The maximum absolute atomic E-state index is 12.8. The predicted molar refractivity (Wildman–Crippen MR) is 131 cm³/mol. The largest absolute Gasteiger partial charge is 0.481 e. The lowest BCUT2D eigenvalue weighted by atomic mass is 9.89. The lowest BCUT2D eigenvalue weighted by molar-refractivity contribution is -0.142. The lowest BCUT2D eigenvalue weighted by Crippen LogP contribution is -2.45. The Morgan fingerprint density at radius 3 is 2.31 bits per heavy atom. The van der Waals surface area contributed by atoms with Gasteiger partial charge in [-0.25, -0.2) is 4.79 Å². The monoisotopic (exact) mass is 474 g/mol. The number of carbonyl (C=O) groups excluding carboxylic acids is 2. The van der Waals surface area contributed by atoms with E-state index in [0.29, 0.717) is 25.7 Å². The number of nitrogens with one attached hydrogen (secondary N) is 2. The minimum atomic E-state index is -0.855. The zero-order valence-electron chi connectivity index (χ0n) is 19.5. The minimum Gasteiger partial charge on any atom is -0.481 e. The second kappa shape index (κ2) is 9.94. The first-order chi connectivity index (χ1) is 17.0. The molecule has 4 atom stereocenters. The third kappa shape index (κ3) is 4.81. The number of aliphatic carboxylic acids is 1. The Labute approximate surface area is 204 Å². The summed E-state index contributed by atoms with van der Waals surface area (Å²) in [6.45, 7) is 0.235. The number of carboxylic acids is 1. The highest BCUT2D eigenvalue weighted by Gasteiger charge is 2.36. The molecular weight excluding hydrogens is 444 g/mol. The van der Waals surface area contributed by atoms with Gasteiger partial charge < -0.3 is 20.5 Å². The van der Waals surface area contributed by atoms with Gasteiger partial charge in [0.05, 0.1) is 12.0 Å². The summed E-state index contributed by atoms with van der Waals surface area (Å²) in [5.41, 5.74) is 4.66. The van der Waals surface area contributed by atoms with Crippen LogP contribution in [0.3, 0.4) is 0 Å². The Balaban J connectivity index is 1.15. The van der Waals surface area contributed by atoms with Crippen molar-refractivity contribution >= 4 is 18.0 Å². The molecule has 2 aromatic carbocycles. The molecule has 182 valence electrons. The number of hydrogen-bond donors (Lipinski definition) is 3. The normalized spacial score (nSPS) is 24.9. The molecule has 3 aliphatic rings. The standard InChI is InChI=1S/C28H30N2O5/c31-26(30-25-14-6-13-23(25)27(32)33)17-7-5-8-18(15-17)29-28(34)35-16-24-21-11-3-1-9-19(21)20-10-2-4-12-22(20)24/h1-5,8-12,17-18,23-25H,6-7,13-16H2,(H,29,34)(H,30,31)(H,32,33)/t17-,18-,23+,25-/m1/s1. The van der Waals surface area contributed by atoms with Gasteiger partial charge in [-0.1, -0.05) is 67.1 Å². The summed E-state index contributed by atoms with van der Waals surface area (Å²) in [5, 5.41) is 15.2. The molecule has 0 aliphatic heterocycles. The van der Waals surface area contributed by atoms with E-state index in [4.69, 9.17) is 4.74 Å².